The van der Waals surface area contributed by atoms with Gasteiger partial charge in [-0.05, 0) is 6.08 Å². The van der Waals surface area contributed by atoms with Gasteiger partial charge in [0.2, 0.25) is 0 Å². The molecular weight excluding hydrogens is 405 g/mol. The first-order chi connectivity index (χ1) is 14.6. The molecule has 0 bridgehead atoms. The molecule has 10 heteroatoms. The number of aromatic nitrogens is 4. The van der Waals surface area contributed by atoms with Crippen LogP contribution in [0.15, 0.2) is 46.6 Å². The number of allylic oxidation sites excluding steroid dienone is 4. The van der Waals surface area contributed by atoms with Gasteiger partial charge in [-0.1, -0.05) is 5.73 Å². The van der Waals surface area contributed by atoms with Gasteiger partial charge in [-0.3, -0.25) is 14.3 Å². The Hall–Kier alpha value is -3.36. The summed E-state index contributed by atoms with van der Waals surface area (Å²) in [5.41, 5.74) is 10.4. The summed E-state index contributed by atoms with van der Waals surface area (Å²) in [5, 5.41) is 8.43. The van der Waals surface area contributed by atoms with Crippen LogP contribution in [0.3, 0.4) is 0 Å². The van der Waals surface area contributed by atoms with Crippen LogP contribution in [0.2, 0.25) is 0 Å². The number of nitrogens with zero attached hydrogens (tertiary/aromatic N) is 5. The maximum atomic E-state index is 14.7. The zero-order valence-electron chi connectivity index (χ0n) is 16.3. The molecule has 2 aromatic heterocycles. The molecule has 154 valence electrons. The van der Waals surface area contributed by atoms with Gasteiger partial charge in [-0.2, -0.15) is 5.10 Å². The van der Waals surface area contributed by atoms with E-state index in [1.807, 2.05) is 6.07 Å². The minimum absolute atomic E-state index is 0.282. The van der Waals surface area contributed by atoms with Gasteiger partial charge in [-0.15, -0.1) is 0 Å². The molecule has 1 saturated heterocycles. The van der Waals surface area contributed by atoms with E-state index < -0.39 is 16.6 Å². The first kappa shape index (κ1) is 19.9. The largest absolute Gasteiger partial charge is 0.404 e. The van der Waals surface area contributed by atoms with Crippen LogP contribution in [0.4, 0.5) is 10.2 Å². The van der Waals surface area contributed by atoms with Gasteiger partial charge in [0.15, 0.2) is 0 Å². The second-order valence-corrected chi connectivity index (χ2v) is 8.36. The van der Waals surface area contributed by atoms with Gasteiger partial charge in [0.25, 0.3) is 0 Å². The highest BCUT2D eigenvalue weighted by Gasteiger charge is 2.19. The lowest BCUT2D eigenvalue weighted by Gasteiger charge is -2.27. The number of fused-ring (bicyclic) bond motifs is 1. The molecule has 30 heavy (non-hydrogen) atoms. The van der Waals surface area contributed by atoms with Crippen molar-refractivity contribution in [3.63, 3.8) is 0 Å². The molecule has 0 amide bonds. The van der Waals surface area contributed by atoms with Crippen LogP contribution >= 0.6 is 0 Å². The van der Waals surface area contributed by atoms with Gasteiger partial charge >= 0.3 is 0 Å². The number of nitrogens with one attached hydrogen (secondary N) is 1. The van der Waals surface area contributed by atoms with Crippen molar-refractivity contribution in [3.05, 3.63) is 52.2 Å². The number of aromatic amines is 1. The maximum Gasteiger partial charge on any atom is 0.138 e. The monoisotopic (exact) mass is 425 g/mol. The molecule has 4 rings (SSSR count). The number of rotatable bonds is 4. The van der Waals surface area contributed by atoms with E-state index in [0.717, 1.165) is 5.82 Å². The number of hydrogen-bond acceptors (Lipinski definition) is 7. The fourth-order valence-electron chi connectivity index (χ4n) is 3.30. The summed E-state index contributed by atoms with van der Waals surface area (Å²) in [5.74, 6) is 1.49. The Morgan fingerprint density at radius 2 is 2.20 bits per heavy atom. The molecule has 1 fully saturated rings. The van der Waals surface area contributed by atoms with Gasteiger partial charge < -0.3 is 10.6 Å². The van der Waals surface area contributed by atoms with E-state index >= 15 is 0 Å². The number of aliphatic imine (C=N–C) groups is 1. The summed E-state index contributed by atoms with van der Waals surface area (Å²) in [6, 6.07) is 1.83. The van der Waals surface area contributed by atoms with Crippen molar-refractivity contribution >= 4 is 34.6 Å². The Bertz CT molecular complexity index is 1240. The number of anilines is 1. The first-order valence-corrected chi connectivity index (χ1v) is 10.8. The fraction of sp³-hybridized carbons (Fsp3) is 0.250. The smallest absolute Gasteiger partial charge is 0.138 e. The summed E-state index contributed by atoms with van der Waals surface area (Å²) in [7, 11) is 0.817. The Kier molecular flexibility index (Phi) is 5.69. The number of halogens is 1. The van der Waals surface area contributed by atoms with Crippen molar-refractivity contribution in [2.75, 3.05) is 36.5 Å². The third kappa shape index (κ3) is 3.87. The van der Waals surface area contributed by atoms with Crippen molar-refractivity contribution in [3.8, 4) is 11.4 Å². The molecule has 0 saturated carbocycles. The van der Waals surface area contributed by atoms with Crippen molar-refractivity contribution in [1.29, 1.82) is 0 Å². The Balaban J connectivity index is 1.80. The van der Waals surface area contributed by atoms with Gasteiger partial charge in [0, 0.05) is 83.4 Å². The van der Waals surface area contributed by atoms with Crippen molar-refractivity contribution in [2.45, 2.75) is 0 Å². The first-order valence-electron chi connectivity index (χ1n) is 9.30. The van der Waals surface area contributed by atoms with Crippen LogP contribution in [-0.2, 0) is 10.8 Å². The van der Waals surface area contributed by atoms with Crippen LogP contribution in [0.25, 0.3) is 23.2 Å². The number of H-pyrrole nitrogens is 1. The predicted octanol–water partition coefficient (Wildman–Crippen LogP) is -0.0681. The minimum atomic E-state index is -0.774. The molecule has 1 aliphatic heterocycles. The number of hydrogen-bond donors (Lipinski definition) is 2. The highest BCUT2D eigenvalue weighted by atomic mass is 32.2. The lowest BCUT2D eigenvalue weighted by atomic mass is 10.1. The van der Waals surface area contributed by atoms with Crippen LogP contribution in [0, 0.1) is 0 Å². The third-order valence-electron chi connectivity index (χ3n) is 4.85. The average Bonchev–Trinajstić information content (AvgIpc) is 3.10. The highest BCUT2D eigenvalue weighted by Crippen LogP contribution is 2.20. The lowest BCUT2D eigenvalue weighted by Crippen LogP contribution is -2.38. The van der Waals surface area contributed by atoms with Gasteiger partial charge in [0.1, 0.15) is 29.0 Å². The third-order valence-corrected chi connectivity index (χ3v) is 6.12. The van der Waals surface area contributed by atoms with Gasteiger partial charge in [0.05, 0.1) is 5.69 Å². The van der Waals surface area contributed by atoms with E-state index in [0.29, 0.717) is 52.1 Å². The molecule has 3 N–H and O–H groups in total. The second-order valence-electron chi connectivity index (χ2n) is 6.66. The molecule has 0 aromatic carbocycles. The molecule has 8 nitrogen and oxygen atoms in total. The van der Waals surface area contributed by atoms with Crippen LogP contribution in [-0.4, -0.2) is 62.2 Å². The van der Waals surface area contributed by atoms with Gasteiger partial charge in [-0.25, -0.2) is 14.4 Å². The zero-order chi connectivity index (χ0) is 21.1. The summed E-state index contributed by atoms with van der Waals surface area (Å²) in [6.07, 6.45) is 7.17. The molecule has 0 unspecified atom stereocenters. The Morgan fingerprint density at radius 1 is 1.40 bits per heavy atom. The van der Waals surface area contributed by atoms with Crippen LogP contribution in [0.1, 0.15) is 0 Å². The van der Waals surface area contributed by atoms with Crippen molar-refractivity contribution in [1.82, 2.24) is 20.2 Å². The van der Waals surface area contributed by atoms with Crippen molar-refractivity contribution in [2.24, 2.45) is 10.7 Å². The van der Waals surface area contributed by atoms with Crippen LogP contribution in [0.5, 0.6) is 0 Å². The summed E-state index contributed by atoms with van der Waals surface area (Å²) in [6.45, 7) is 1.34. The normalized spacial score (nSPS) is 17.7. The van der Waals surface area contributed by atoms with E-state index in [4.69, 9.17) is 5.73 Å². The zero-order valence-corrected chi connectivity index (χ0v) is 17.1. The molecule has 0 atom stereocenters. The van der Waals surface area contributed by atoms with Crippen molar-refractivity contribution < 1.29 is 8.60 Å². The lowest BCUT2D eigenvalue weighted by molar-refractivity contribution is 0.663. The summed E-state index contributed by atoms with van der Waals surface area (Å²) >= 11 is 0. The van der Waals surface area contributed by atoms with E-state index in [9.17, 15) is 8.60 Å². The topological polar surface area (TPSA) is 113 Å². The molecule has 3 heterocycles. The Labute approximate surface area is 174 Å². The van der Waals surface area contributed by atoms with E-state index in [1.165, 1.54) is 24.8 Å². The molecular formula is C20H20FN7OS. The van der Waals surface area contributed by atoms with E-state index in [2.05, 4.69) is 35.8 Å². The quantitative estimate of drug-likeness (QED) is 0.663. The maximum absolute atomic E-state index is 14.7. The number of nitrogens with two attached hydrogens (primary N) is 1. The SMILES string of the molecule is CN=CC(=CN)C1=C(F)C=C=c2[nH]nc(-c3cc(N4CCS(=O)CC4)ncn3)c2=C1. The molecule has 2 aromatic rings. The molecule has 0 radical (unpaired) electrons. The summed E-state index contributed by atoms with van der Waals surface area (Å²) in [4.78, 5) is 14.7. The minimum Gasteiger partial charge on any atom is -0.404 e. The van der Waals surface area contributed by atoms with E-state index in [-0.39, 0.29) is 5.57 Å². The Morgan fingerprint density at radius 3 is 2.93 bits per heavy atom. The van der Waals surface area contributed by atoms with E-state index in [1.54, 1.807) is 13.1 Å². The molecule has 0 spiro atoms. The molecule has 1 aliphatic carbocycles. The molecule has 2 aliphatic rings. The average molecular weight is 425 g/mol. The predicted molar refractivity (Wildman–Crippen MR) is 116 cm³/mol. The highest BCUT2D eigenvalue weighted by molar-refractivity contribution is 7.85. The second kappa shape index (κ2) is 8.56. The fourth-order valence-corrected chi connectivity index (χ4v) is 4.35. The summed E-state index contributed by atoms with van der Waals surface area (Å²) < 4.78 is 26.3. The van der Waals surface area contributed by atoms with Crippen LogP contribution < -0.4 is 21.2 Å². The standard InChI is InChI=1S/C20H20FN7OS/c1-23-11-13(10-22)14-8-15-17(3-2-16(14)21)26-27-20(15)18-9-19(25-12-24-18)28-4-6-30(29)7-5-28/h2,8-12,26H,4-7,22H2,1H3.